The first-order chi connectivity index (χ1) is 10.3. The fourth-order valence-electron chi connectivity index (χ4n) is 2.20. The van der Waals surface area contributed by atoms with Gasteiger partial charge in [-0.15, -0.1) is 0 Å². The minimum Gasteiger partial charge on any atom is -0.497 e. The highest BCUT2D eigenvalue weighted by molar-refractivity contribution is 5.45. The fraction of sp³-hybridized carbons (Fsp3) is 0.529. The van der Waals surface area contributed by atoms with Crippen LogP contribution in [0.5, 0.6) is 5.75 Å². The number of aliphatic hydroxyl groups is 1. The normalized spacial score (nSPS) is 17.3. The van der Waals surface area contributed by atoms with Gasteiger partial charge in [-0.05, 0) is 30.2 Å². The second-order valence-corrected chi connectivity index (χ2v) is 5.04. The molecule has 0 bridgehead atoms. The average molecular weight is 290 g/mol. The van der Waals surface area contributed by atoms with Gasteiger partial charge in [0.2, 0.25) is 0 Å². The molecule has 1 aromatic carbocycles. The Balaban J connectivity index is 1.98. The van der Waals surface area contributed by atoms with Gasteiger partial charge in [0, 0.05) is 24.5 Å². The van der Waals surface area contributed by atoms with Crippen LogP contribution in [0.2, 0.25) is 0 Å². The van der Waals surface area contributed by atoms with Crippen molar-refractivity contribution in [1.82, 2.24) is 0 Å². The maximum atomic E-state index is 8.80. The lowest BCUT2D eigenvalue weighted by Gasteiger charge is -2.11. The van der Waals surface area contributed by atoms with E-state index in [0.29, 0.717) is 25.6 Å². The smallest absolute Gasteiger partial charge is 0.119 e. The summed E-state index contributed by atoms with van der Waals surface area (Å²) in [6, 6.07) is 5.77. The van der Waals surface area contributed by atoms with Crippen LogP contribution in [0.1, 0.15) is 24.0 Å². The van der Waals surface area contributed by atoms with Gasteiger partial charge in [0.25, 0.3) is 0 Å². The maximum absolute atomic E-state index is 8.80. The minimum absolute atomic E-state index is 0.0800. The highest BCUT2D eigenvalue weighted by atomic mass is 16.5. The zero-order valence-electron chi connectivity index (χ0n) is 12.4. The van der Waals surface area contributed by atoms with E-state index in [2.05, 4.69) is 11.8 Å². The summed E-state index contributed by atoms with van der Waals surface area (Å²) < 4.78 is 16.4. The first kappa shape index (κ1) is 15.8. The Morgan fingerprint density at radius 1 is 1.43 bits per heavy atom. The van der Waals surface area contributed by atoms with Gasteiger partial charge in [0.05, 0.1) is 33.5 Å². The Morgan fingerprint density at radius 2 is 2.33 bits per heavy atom. The van der Waals surface area contributed by atoms with E-state index in [1.165, 1.54) is 0 Å². The quantitative estimate of drug-likeness (QED) is 0.814. The molecule has 1 atom stereocenters. The zero-order chi connectivity index (χ0) is 14.9. The van der Waals surface area contributed by atoms with Crippen molar-refractivity contribution in [3.8, 4) is 17.6 Å². The lowest BCUT2D eigenvalue weighted by atomic mass is 10.1. The van der Waals surface area contributed by atoms with E-state index in [9.17, 15) is 0 Å². The Bertz CT molecular complexity index is 495. The third-order valence-corrected chi connectivity index (χ3v) is 3.41. The minimum atomic E-state index is 0.0800. The molecule has 4 nitrogen and oxygen atoms in total. The summed E-state index contributed by atoms with van der Waals surface area (Å²) in [5, 5.41) is 8.80. The van der Waals surface area contributed by atoms with Crippen molar-refractivity contribution in [2.45, 2.75) is 19.4 Å². The number of rotatable bonds is 6. The molecule has 1 aliphatic heterocycles. The van der Waals surface area contributed by atoms with E-state index in [-0.39, 0.29) is 6.61 Å². The first-order valence-electron chi connectivity index (χ1n) is 7.25. The van der Waals surface area contributed by atoms with Crippen LogP contribution < -0.4 is 4.74 Å². The maximum Gasteiger partial charge on any atom is 0.119 e. The molecule has 1 saturated heterocycles. The largest absolute Gasteiger partial charge is 0.497 e. The Morgan fingerprint density at radius 3 is 3.05 bits per heavy atom. The highest BCUT2D eigenvalue weighted by Gasteiger charge is 2.15. The van der Waals surface area contributed by atoms with E-state index in [1.807, 2.05) is 18.2 Å². The van der Waals surface area contributed by atoms with Crippen molar-refractivity contribution >= 4 is 0 Å². The molecule has 21 heavy (non-hydrogen) atoms. The lowest BCUT2D eigenvalue weighted by Crippen LogP contribution is -2.09. The molecule has 0 saturated carbocycles. The van der Waals surface area contributed by atoms with Crippen molar-refractivity contribution in [3.05, 3.63) is 29.3 Å². The van der Waals surface area contributed by atoms with E-state index >= 15 is 0 Å². The fourth-order valence-corrected chi connectivity index (χ4v) is 2.20. The molecule has 1 aromatic rings. The van der Waals surface area contributed by atoms with Crippen LogP contribution in [0.25, 0.3) is 0 Å². The second-order valence-electron chi connectivity index (χ2n) is 5.04. The van der Waals surface area contributed by atoms with Crippen molar-refractivity contribution < 1.29 is 19.3 Å². The zero-order valence-corrected chi connectivity index (χ0v) is 12.4. The highest BCUT2D eigenvalue weighted by Crippen LogP contribution is 2.19. The molecule has 0 spiro atoms. The molecule has 0 radical (unpaired) electrons. The summed E-state index contributed by atoms with van der Waals surface area (Å²) in [6.07, 6.45) is 1.55. The number of benzene rings is 1. The second kappa shape index (κ2) is 8.68. The van der Waals surface area contributed by atoms with Crippen molar-refractivity contribution in [3.63, 3.8) is 0 Å². The van der Waals surface area contributed by atoms with Crippen LogP contribution in [0, 0.1) is 17.8 Å². The van der Waals surface area contributed by atoms with E-state index in [4.69, 9.17) is 19.3 Å². The summed E-state index contributed by atoms with van der Waals surface area (Å²) in [5.74, 6) is 7.31. The van der Waals surface area contributed by atoms with Gasteiger partial charge >= 0.3 is 0 Å². The van der Waals surface area contributed by atoms with Crippen molar-refractivity contribution in [2.75, 3.05) is 33.5 Å². The number of hydrogen-bond acceptors (Lipinski definition) is 4. The summed E-state index contributed by atoms with van der Waals surface area (Å²) in [6.45, 7) is 2.93. The average Bonchev–Trinajstić information content (AvgIpc) is 3.02. The standard InChI is InChI=1S/C17H22O4/c1-19-17-6-5-15(4-2-3-8-18)16(10-17)13-21-12-14-7-9-20-11-14/h5-6,10,14,18H,3,7-9,11-13H2,1H3. The number of hydrogen-bond donors (Lipinski definition) is 1. The molecule has 2 rings (SSSR count). The van der Waals surface area contributed by atoms with Gasteiger partial charge in [-0.1, -0.05) is 11.8 Å². The third kappa shape index (κ3) is 5.05. The molecule has 0 amide bonds. The van der Waals surface area contributed by atoms with Crippen molar-refractivity contribution in [1.29, 1.82) is 0 Å². The predicted molar refractivity (Wildman–Crippen MR) is 80.2 cm³/mol. The molecular weight excluding hydrogens is 268 g/mol. The van der Waals surface area contributed by atoms with Gasteiger partial charge in [-0.3, -0.25) is 0 Å². The third-order valence-electron chi connectivity index (χ3n) is 3.41. The molecule has 1 aliphatic rings. The van der Waals surface area contributed by atoms with Gasteiger partial charge < -0.3 is 19.3 Å². The van der Waals surface area contributed by atoms with Gasteiger partial charge in [-0.2, -0.15) is 0 Å². The first-order valence-corrected chi connectivity index (χ1v) is 7.25. The molecule has 1 fully saturated rings. The number of aliphatic hydroxyl groups excluding tert-OH is 1. The Kier molecular flexibility index (Phi) is 6.55. The molecule has 1 unspecified atom stereocenters. The monoisotopic (exact) mass is 290 g/mol. The molecule has 1 N–H and O–H groups in total. The van der Waals surface area contributed by atoms with Gasteiger partial charge in [-0.25, -0.2) is 0 Å². The van der Waals surface area contributed by atoms with Crippen LogP contribution in [-0.2, 0) is 16.1 Å². The Hall–Kier alpha value is -1.54. The van der Waals surface area contributed by atoms with Gasteiger partial charge in [0.15, 0.2) is 0 Å². The van der Waals surface area contributed by atoms with E-state index < -0.39 is 0 Å². The van der Waals surface area contributed by atoms with Crippen molar-refractivity contribution in [2.24, 2.45) is 5.92 Å². The van der Waals surface area contributed by atoms with Crippen LogP contribution in [0.4, 0.5) is 0 Å². The summed E-state index contributed by atoms with van der Waals surface area (Å²) in [4.78, 5) is 0. The molecule has 0 aromatic heterocycles. The molecule has 4 heteroatoms. The van der Waals surface area contributed by atoms with E-state index in [1.54, 1.807) is 7.11 Å². The van der Waals surface area contributed by atoms with Gasteiger partial charge in [0.1, 0.15) is 5.75 Å². The van der Waals surface area contributed by atoms with Crippen LogP contribution in [0.15, 0.2) is 18.2 Å². The van der Waals surface area contributed by atoms with Crippen LogP contribution in [0.3, 0.4) is 0 Å². The topological polar surface area (TPSA) is 47.9 Å². The summed E-state index contributed by atoms with van der Waals surface area (Å²) >= 11 is 0. The SMILES string of the molecule is COc1ccc(C#CCCO)c(COCC2CCOC2)c1. The number of methoxy groups -OCH3 is 1. The lowest BCUT2D eigenvalue weighted by molar-refractivity contribution is 0.0789. The molecule has 1 heterocycles. The Labute approximate surface area is 126 Å². The predicted octanol–water partition coefficient (Wildman–Crippen LogP) is 1.98. The summed E-state index contributed by atoms with van der Waals surface area (Å²) in [5.41, 5.74) is 1.94. The van der Waals surface area contributed by atoms with Crippen LogP contribution >= 0.6 is 0 Å². The molecular formula is C17H22O4. The number of ether oxygens (including phenoxy) is 3. The molecule has 0 aliphatic carbocycles. The molecule has 114 valence electrons. The summed E-state index contributed by atoms with van der Waals surface area (Å²) in [7, 11) is 1.65. The van der Waals surface area contributed by atoms with Crippen LogP contribution in [-0.4, -0.2) is 38.6 Å². The van der Waals surface area contributed by atoms with E-state index in [0.717, 1.165) is 36.5 Å².